The van der Waals surface area contributed by atoms with Gasteiger partial charge in [-0.15, -0.1) is 0 Å². The maximum atomic E-state index is 11.5. The van der Waals surface area contributed by atoms with Crippen molar-refractivity contribution in [2.45, 2.75) is 43.8 Å². The highest BCUT2D eigenvalue weighted by molar-refractivity contribution is 7.99. The Hall–Kier alpha value is -1.08. The van der Waals surface area contributed by atoms with Crippen LogP contribution in [0.2, 0.25) is 0 Å². The number of carbonyl (C=O) groups excluding carboxylic acids is 1. The summed E-state index contributed by atoms with van der Waals surface area (Å²) in [5, 5.41) is 7.36. The Kier molecular flexibility index (Phi) is 6.14. The number of aromatic nitrogens is 3. The lowest BCUT2D eigenvalue weighted by molar-refractivity contribution is -0.149. The normalized spacial score (nSPS) is 14.2. The quantitative estimate of drug-likeness (QED) is 0.421. The monoisotopic (exact) mass is 272 g/mol. The molecule has 7 heteroatoms. The summed E-state index contributed by atoms with van der Waals surface area (Å²) in [6.07, 6.45) is 3.97. The van der Waals surface area contributed by atoms with Crippen molar-refractivity contribution in [1.29, 1.82) is 0 Å². The highest BCUT2D eigenvalue weighted by Crippen LogP contribution is 2.17. The number of unbranched alkanes of at least 4 members (excludes halogenated alkanes) is 1. The highest BCUT2D eigenvalue weighted by atomic mass is 32.2. The molecule has 0 spiro atoms. The number of nitrogens with one attached hydrogen (secondary N) is 1. The molecule has 1 aromatic heterocycles. The van der Waals surface area contributed by atoms with Crippen molar-refractivity contribution in [2.24, 2.45) is 5.73 Å². The van der Waals surface area contributed by atoms with E-state index in [1.54, 1.807) is 25.6 Å². The van der Waals surface area contributed by atoms with Gasteiger partial charge in [0.05, 0.1) is 6.61 Å². The van der Waals surface area contributed by atoms with E-state index in [9.17, 15) is 4.79 Å². The molecule has 0 saturated heterocycles. The van der Waals surface area contributed by atoms with E-state index in [1.165, 1.54) is 6.33 Å². The molecule has 18 heavy (non-hydrogen) atoms. The first-order valence-electron chi connectivity index (χ1n) is 6.00. The molecule has 6 nitrogen and oxygen atoms in total. The number of hydrogen-bond acceptors (Lipinski definition) is 6. The Labute approximate surface area is 111 Å². The van der Waals surface area contributed by atoms with E-state index in [2.05, 4.69) is 15.2 Å². The van der Waals surface area contributed by atoms with Gasteiger partial charge in [-0.25, -0.2) is 4.98 Å². The molecule has 1 atom stereocenters. The van der Waals surface area contributed by atoms with Crippen molar-refractivity contribution in [3.63, 3.8) is 0 Å². The Morgan fingerprint density at radius 3 is 3.00 bits per heavy atom. The number of esters is 1. The fraction of sp³-hybridized carbons (Fsp3) is 0.727. The zero-order valence-electron chi connectivity index (χ0n) is 10.8. The molecule has 1 unspecified atom stereocenters. The number of aromatic amines is 1. The summed E-state index contributed by atoms with van der Waals surface area (Å²) >= 11 is 1.61. The summed E-state index contributed by atoms with van der Waals surface area (Å²) in [4.78, 5) is 15.6. The Morgan fingerprint density at radius 2 is 2.39 bits per heavy atom. The maximum absolute atomic E-state index is 11.5. The van der Waals surface area contributed by atoms with Gasteiger partial charge in [0, 0.05) is 5.75 Å². The van der Waals surface area contributed by atoms with Gasteiger partial charge in [-0.05, 0) is 26.7 Å². The molecule has 1 heterocycles. The van der Waals surface area contributed by atoms with E-state index in [0.29, 0.717) is 13.0 Å². The number of rotatable bonds is 8. The first-order valence-corrected chi connectivity index (χ1v) is 6.99. The summed E-state index contributed by atoms with van der Waals surface area (Å²) in [5.74, 6) is 0.599. The molecule has 0 amide bonds. The lowest BCUT2D eigenvalue weighted by Gasteiger charge is -2.21. The van der Waals surface area contributed by atoms with E-state index in [4.69, 9.17) is 10.5 Å². The van der Waals surface area contributed by atoms with Gasteiger partial charge in [0.25, 0.3) is 0 Å². The average molecular weight is 272 g/mol. The molecule has 3 N–H and O–H groups in total. The van der Waals surface area contributed by atoms with E-state index < -0.39 is 5.54 Å². The summed E-state index contributed by atoms with van der Waals surface area (Å²) in [6.45, 7) is 3.86. The second-order valence-electron chi connectivity index (χ2n) is 4.23. The van der Waals surface area contributed by atoms with Gasteiger partial charge < -0.3 is 10.5 Å². The Balaban J connectivity index is 2.14. The zero-order valence-corrected chi connectivity index (χ0v) is 11.6. The van der Waals surface area contributed by atoms with Gasteiger partial charge in [-0.3, -0.25) is 9.89 Å². The molecule has 0 aliphatic heterocycles. The largest absolute Gasteiger partial charge is 0.465 e. The zero-order chi connectivity index (χ0) is 13.4. The Bertz CT molecular complexity index is 354. The number of nitrogens with zero attached hydrogens (tertiary/aromatic N) is 2. The molecular formula is C11H20N4O2S. The summed E-state index contributed by atoms with van der Waals surface area (Å²) < 4.78 is 4.93. The van der Waals surface area contributed by atoms with E-state index in [1.807, 2.05) is 0 Å². The van der Waals surface area contributed by atoms with Gasteiger partial charge in [-0.2, -0.15) is 5.10 Å². The average Bonchev–Trinajstić information content (AvgIpc) is 2.82. The van der Waals surface area contributed by atoms with Gasteiger partial charge >= 0.3 is 5.97 Å². The smallest absolute Gasteiger partial charge is 0.325 e. The molecule has 1 rings (SSSR count). The number of H-pyrrole nitrogens is 1. The molecule has 0 bridgehead atoms. The summed E-state index contributed by atoms with van der Waals surface area (Å²) in [6, 6.07) is 0. The standard InChI is InChI=1S/C11H20N4O2S/c1-3-17-9(16)11(2,12)6-4-5-7-18-10-13-8-14-15-10/h8H,3-7,12H2,1-2H3,(H,13,14,15). The molecule has 0 fully saturated rings. The van der Waals surface area contributed by atoms with Crippen molar-refractivity contribution in [2.75, 3.05) is 12.4 Å². The third-order valence-corrected chi connectivity index (χ3v) is 3.43. The Morgan fingerprint density at radius 1 is 1.61 bits per heavy atom. The van der Waals surface area contributed by atoms with Crippen LogP contribution in [0.3, 0.4) is 0 Å². The van der Waals surface area contributed by atoms with Crippen LogP contribution in [-0.2, 0) is 9.53 Å². The topological polar surface area (TPSA) is 93.9 Å². The summed E-state index contributed by atoms with van der Waals surface area (Å²) in [5.41, 5.74) is 5.03. The van der Waals surface area contributed by atoms with Crippen LogP contribution in [0.5, 0.6) is 0 Å². The van der Waals surface area contributed by atoms with Gasteiger partial charge in [-0.1, -0.05) is 18.2 Å². The maximum Gasteiger partial charge on any atom is 0.325 e. The molecule has 102 valence electrons. The molecule has 0 saturated carbocycles. The molecule has 0 aliphatic rings. The first-order chi connectivity index (χ1) is 8.56. The third kappa shape index (κ3) is 5.05. The predicted molar refractivity (Wildman–Crippen MR) is 70.2 cm³/mol. The van der Waals surface area contributed by atoms with E-state index in [-0.39, 0.29) is 5.97 Å². The fourth-order valence-corrected chi connectivity index (χ4v) is 2.21. The SMILES string of the molecule is CCOC(=O)C(C)(N)CCCCSc1ncn[nH]1. The van der Waals surface area contributed by atoms with Crippen LogP contribution in [-0.4, -0.2) is 39.0 Å². The highest BCUT2D eigenvalue weighted by Gasteiger charge is 2.28. The van der Waals surface area contributed by atoms with Gasteiger partial charge in [0.15, 0.2) is 5.16 Å². The van der Waals surface area contributed by atoms with Gasteiger partial charge in [0.1, 0.15) is 11.9 Å². The van der Waals surface area contributed by atoms with Crippen LogP contribution >= 0.6 is 11.8 Å². The van der Waals surface area contributed by atoms with Crippen LogP contribution in [0, 0.1) is 0 Å². The van der Waals surface area contributed by atoms with Crippen LogP contribution in [0.15, 0.2) is 11.5 Å². The molecule has 0 radical (unpaired) electrons. The molecule has 0 aliphatic carbocycles. The minimum Gasteiger partial charge on any atom is -0.465 e. The van der Waals surface area contributed by atoms with Crippen LogP contribution < -0.4 is 5.73 Å². The van der Waals surface area contributed by atoms with E-state index >= 15 is 0 Å². The van der Waals surface area contributed by atoms with Gasteiger partial charge in [0.2, 0.25) is 0 Å². The van der Waals surface area contributed by atoms with E-state index in [0.717, 1.165) is 23.8 Å². The number of thioether (sulfide) groups is 1. The number of nitrogens with two attached hydrogens (primary N) is 1. The van der Waals surface area contributed by atoms with Crippen LogP contribution in [0.25, 0.3) is 0 Å². The molecular weight excluding hydrogens is 252 g/mol. The summed E-state index contributed by atoms with van der Waals surface area (Å²) in [7, 11) is 0. The lowest BCUT2D eigenvalue weighted by atomic mass is 9.96. The van der Waals surface area contributed by atoms with Crippen molar-refractivity contribution in [3.05, 3.63) is 6.33 Å². The second-order valence-corrected chi connectivity index (χ2v) is 5.32. The van der Waals surface area contributed by atoms with Crippen molar-refractivity contribution < 1.29 is 9.53 Å². The fourth-order valence-electron chi connectivity index (χ4n) is 1.42. The first kappa shape index (κ1) is 15.0. The predicted octanol–water partition coefficient (Wildman–Crippen LogP) is 1.35. The minimum atomic E-state index is -0.882. The van der Waals surface area contributed by atoms with Crippen molar-refractivity contribution in [1.82, 2.24) is 15.2 Å². The van der Waals surface area contributed by atoms with Crippen LogP contribution in [0.1, 0.15) is 33.1 Å². The van der Waals surface area contributed by atoms with Crippen molar-refractivity contribution >= 4 is 17.7 Å². The lowest BCUT2D eigenvalue weighted by Crippen LogP contribution is -2.46. The molecule has 1 aromatic rings. The minimum absolute atomic E-state index is 0.326. The third-order valence-electron chi connectivity index (χ3n) is 2.46. The number of ether oxygens (including phenoxy) is 1. The number of carbonyl (C=O) groups is 1. The number of hydrogen-bond donors (Lipinski definition) is 2. The second kappa shape index (κ2) is 7.38. The van der Waals surface area contributed by atoms with Crippen molar-refractivity contribution in [3.8, 4) is 0 Å². The molecule has 0 aromatic carbocycles. The van der Waals surface area contributed by atoms with Crippen LogP contribution in [0.4, 0.5) is 0 Å².